The van der Waals surface area contributed by atoms with Crippen LogP contribution in [0.2, 0.25) is 5.15 Å². The minimum atomic E-state index is 0.571. The predicted octanol–water partition coefficient (Wildman–Crippen LogP) is 7.06. The van der Waals surface area contributed by atoms with E-state index in [1.807, 2.05) is 17.4 Å². The molecule has 0 spiro atoms. The van der Waals surface area contributed by atoms with Gasteiger partial charge in [-0.05, 0) is 36.3 Å². The minimum absolute atomic E-state index is 0.571. The molecule has 3 heterocycles. The maximum atomic E-state index is 6.26. The van der Waals surface area contributed by atoms with Crippen LogP contribution in [0, 0.1) is 0 Å². The van der Waals surface area contributed by atoms with E-state index in [0.29, 0.717) is 11.1 Å². The Balaban J connectivity index is 1.63. The van der Waals surface area contributed by atoms with Gasteiger partial charge < -0.3 is 5.32 Å². The summed E-state index contributed by atoms with van der Waals surface area (Å²) in [4.78, 5) is 7.38. The topological polar surface area (TPSA) is 24.9 Å². The predicted molar refractivity (Wildman–Crippen MR) is 107 cm³/mol. The zero-order valence-corrected chi connectivity index (χ0v) is 15.9. The summed E-state index contributed by atoms with van der Waals surface area (Å²) in [6.45, 7) is 0.837. The summed E-state index contributed by atoms with van der Waals surface area (Å²) >= 11 is 9.94. The molecule has 0 radical (unpaired) electrons. The fourth-order valence-corrected chi connectivity index (χ4v) is 5.60. The lowest BCUT2D eigenvalue weighted by Crippen LogP contribution is -1.97. The highest BCUT2D eigenvalue weighted by atomic mass is 35.5. The van der Waals surface area contributed by atoms with Crippen LogP contribution in [-0.2, 0) is 6.54 Å². The minimum Gasteiger partial charge on any atom is -0.379 e. The number of anilines is 1. The molecule has 126 valence electrons. The molecule has 0 unspecified atom stereocenters. The molecule has 24 heavy (non-hydrogen) atoms. The van der Waals surface area contributed by atoms with Crippen LogP contribution >= 0.6 is 34.3 Å². The standard InChI is InChI=1S/C19H21ClN2S2/c20-18-11-15(21-12-14-8-5-9-23-14)19-16(22-18)10-17(24-19)13-6-3-1-2-4-7-13/h5,8-11,13H,1-4,6-7,12H2,(H,21,22). The van der Waals surface area contributed by atoms with E-state index in [-0.39, 0.29) is 0 Å². The molecule has 1 aliphatic carbocycles. The van der Waals surface area contributed by atoms with Crippen LogP contribution in [0.3, 0.4) is 0 Å². The highest BCUT2D eigenvalue weighted by molar-refractivity contribution is 7.19. The lowest BCUT2D eigenvalue weighted by Gasteiger charge is -2.10. The van der Waals surface area contributed by atoms with Crippen LogP contribution in [0.4, 0.5) is 5.69 Å². The average Bonchev–Trinajstić information content (AvgIpc) is 3.16. The molecule has 1 saturated carbocycles. The van der Waals surface area contributed by atoms with Crippen molar-refractivity contribution >= 4 is 50.2 Å². The van der Waals surface area contributed by atoms with E-state index in [1.54, 1.807) is 11.3 Å². The van der Waals surface area contributed by atoms with E-state index in [2.05, 4.69) is 33.9 Å². The average molecular weight is 377 g/mol. The van der Waals surface area contributed by atoms with Crippen molar-refractivity contribution in [1.29, 1.82) is 0 Å². The lowest BCUT2D eigenvalue weighted by molar-refractivity contribution is 0.602. The van der Waals surface area contributed by atoms with Gasteiger partial charge in [0.05, 0.1) is 15.9 Å². The molecule has 1 aliphatic rings. The molecule has 3 aromatic rings. The van der Waals surface area contributed by atoms with Crippen LogP contribution < -0.4 is 5.32 Å². The second-order valence-corrected chi connectivity index (χ2v) is 8.98. The monoisotopic (exact) mass is 376 g/mol. The molecule has 1 fully saturated rings. The molecule has 5 heteroatoms. The maximum absolute atomic E-state index is 6.26. The van der Waals surface area contributed by atoms with E-state index < -0.39 is 0 Å². The van der Waals surface area contributed by atoms with Crippen molar-refractivity contribution in [2.45, 2.75) is 51.0 Å². The normalized spacial score (nSPS) is 16.4. The van der Waals surface area contributed by atoms with Gasteiger partial charge in [-0.15, -0.1) is 22.7 Å². The Labute approximate surface area is 155 Å². The fourth-order valence-electron chi connectivity index (χ4n) is 3.50. The van der Waals surface area contributed by atoms with E-state index in [1.165, 1.54) is 53.0 Å². The van der Waals surface area contributed by atoms with Crippen molar-refractivity contribution in [3.8, 4) is 0 Å². The number of nitrogens with zero attached hydrogens (tertiary/aromatic N) is 1. The van der Waals surface area contributed by atoms with Gasteiger partial charge in [0, 0.05) is 22.4 Å². The van der Waals surface area contributed by atoms with Crippen LogP contribution in [-0.4, -0.2) is 4.98 Å². The Hall–Kier alpha value is -1.10. The van der Waals surface area contributed by atoms with Gasteiger partial charge in [-0.25, -0.2) is 4.98 Å². The molecule has 0 atom stereocenters. The summed E-state index contributed by atoms with van der Waals surface area (Å²) in [6.07, 6.45) is 8.13. The number of aromatic nitrogens is 1. The quantitative estimate of drug-likeness (QED) is 0.389. The first kappa shape index (κ1) is 16.4. The van der Waals surface area contributed by atoms with Crippen molar-refractivity contribution < 1.29 is 0 Å². The van der Waals surface area contributed by atoms with Gasteiger partial charge in [0.1, 0.15) is 5.15 Å². The van der Waals surface area contributed by atoms with Gasteiger partial charge >= 0.3 is 0 Å². The van der Waals surface area contributed by atoms with E-state index >= 15 is 0 Å². The smallest absolute Gasteiger partial charge is 0.131 e. The van der Waals surface area contributed by atoms with E-state index in [0.717, 1.165) is 17.7 Å². The van der Waals surface area contributed by atoms with E-state index in [4.69, 9.17) is 11.6 Å². The number of hydrogen-bond donors (Lipinski definition) is 1. The third kappa shape index (κ3) is 3.61. The van der Waals surface area contributed by atoms with Crippen molar-refractivity contribution in [1.82, 2.24) is 4.98 Å². The van der Waals surface area contributed by atoms with Gasteiger partial charge in [-0.2, -0.15) is 0 Å². The molecular weight excluding hydrogens is 356 g/mol. The number of thiophene rings is 2. The lowest BCUT2D eigenvalue weighted by atomic mass is 9.99. The molecule has 3 aromatic heterocycles. The van der Waals surface area contributed by atoms with Crippen molar-refractivity contribution in [3.05, 3.63) is 44.6 Å². The maximum Gasteiger partial charge on any atom is 0.131 e. The van der Waals surface area contributed by atoms with Gasteiger partial charge in [-0.1, -0.05) is 43.4 Å². The molecule has 1 N–H and O–H groups in total. The second-order valence-electron chi connectivity index (χ2n) is 6.48. The van der Waals surface area contributed by atoms with Crippen molar-refractivity contribution in [2.24, 2.45) is 0 Å². The van der Waals surface area contributed by atoms with E-state index in [9.17, 15) is 0 Å². The Morgan fingerprint density at radius 3 is 2.75 bits per heavy atom. The first-order chi connectivity index (χ1) is 11.8. The van der Waals surface area contributed by atoms with Gasteiger partial charge in [-0.3, -0.25) is 0 Å². The summed E-state index contributed by atoms with van der Waals surface area (Å²) in [6, 6.07) is 8.48. The zero-order valence-electron chi connectivity index (χ0n) is 13.6. The second kappa shape index (κ2) is 7.42. The molecule has 0 bridgehead atoms. The molecule has 0 aliphatic heterocycles. The van der Waals surface area contributed by atoms with Crippen LogP contribution in [0.5, 0.6) is 0 Å². The molecule has 0 aromatic carbocycles. The Bertz CT molecular complexity index is 802. The van der Waals surface area contributed by atoms with Gasteiger partial charge in [0.15, 0.2) is 0 Å². The fraction of sp³-hybridized carbons (Fsp3) is 0.421. The Morgan fingerprint density at radius 2 is 2.00 bits per heavy atom. The summed E-state index contributed by atoms with van der Waals surface area (Å²) < 4.78 is 1.25. The molecule has 0 saturated heterocycles. The number of halogens is 1. The molecule has 2 nitrogen and oxygen atoms in total. The number of hydrogen-bond acceptors (Lipinski definition) is 4. The first-order valence-corrected chi connectivity index (χ1v) is 10.7. The third-order valence-electron chi connectivity index (χ3n) is 4.76. The third-order valence-corrected chi connectivity index (χ3v) is 7.15. The summed E-state index contributed by atoms with van der Waals surface area (Å²) in [5.41, 5.74) is 2.16. The number of rotatable bonds is 4. The van der Waals surface area contributed by atoms with Crippen LogP contribution in [0.15, 0.2) is 29.6 Å². The van der Waals surface area contributed by atoms with Crippen LogP contribution in [0.25, 0.3) is 10.2 Å². The summed E-state index contributed by atoms with van der Waals surface area (Å²) in [7, 11) is 0. The zero-order chi connectivity index (χ0) is 16.4. The number of nitrogens with one attached hydrogen (secondary N) is 1. The van der Waals surface area contributed by atoms with Gasteiger partial charge in [0.25, 0.3) is 0 Å². The molecule has 0 amide bonds. The van der Waals surface area contributed by atoms with Crippen LogP contribution in [0.1, 0.15) is 54.2 Å². The highest BCUT2D eigenvalue weighted by Gasteiger charge is 2.18. The Morgan fingerprint density at radius 1 is 1.17 bits per heavy atom. The summed E-state index contributed by atoms with van der Waals surface area (Å²) in [5.74, 6) is 0.704. The SMILES string of the molecule is Clc1cc(NCc2cccs2)c2sc(C3CCCCCC3)cc2n1. The van der Waals surface area contributed by atoms with Crippen molar-refractivity contribution in [2.75, 3.05) is 5.32 Å². The molecular formula is C19H21ClN2S2. The summed E-state index contributed by atoms with van der Waals surface area (Å²) in [5, 5.41) is 6.24. The molecule has 4 rings (SSSR count). The number of fused-ring (bicyclic) bond motifs is 1. The largest absolute Gasteiger partial charge is 0.379 e. The van der Waals surface area contributed by atoms with Crippen molar-refractivity contribution in [3.63, 3.8) is 0 Å². The first-order valence-electron chi connectivity index (χ1n) is 8.66. The highest BCUT2D eigenvalue weighted by Crippen LogP contribution is 2.40. The van der Waals surface area contributed by atoms with Gasteiger partial charge in [0.2, 0.25) is 0 Å². The Kier molecular flexibility index (Phi) is 5.06. The number of pyridine rings is 1.